The van der Waals surface area contributed by atoms with Crippen LogP contribution < -0.4 is 15.4 Å². The molecule has 1 atom stereocenters. The van der Waals surface area contributed by atoms with Gasteiger partial charge in [0.05, 0.1) is 12.6 Å². The molecule has 0 aliphatic heterocycles. The molecule has 0 saturated heterocycles. The Labute approximate surface area is 172 Å². The SMILES string of the molecule is CCCC[C@H](NCCOc1cc(F)ccc1CCCNC=O)C(=O)N(C)CC=O. The second kappa shape index (κ2) is 14.5. The molecule has 1 rings (SSSR count). The first-order chi connectivity index (χ1) is 14.0. The first kappa shape index (κ1) is 24.6. The molecule has 0 spiro atoms. The number of nitrogens with one attached hydrogen (secondary N) is 2. The third-order valence-corrected chi connectivity index (χ3v) is 4.50. The van der Waals surface area contributed by atoms with Crippen LogP contribution in [0.5, 0.6) is 5.75 Å². The van der Waals surface area contributed by atoms with E-state index in [-0.39, 0.29) is 30.9 Å². The Morgan fingerprint density at radius 2 is 2.07 bits per heavy atom. The summed E-state index contributed by atoms with van der Waals surface area (Å²) in [6.45, 7) is 3.34. The summed E-state index contributed by atoms with van der Waals surface area (Å²) in [4.78, 5) is 34.8. The lowest BCUT2D eigenvalue weighted by molar-refractivity contribution is -0.134. The van der Waals surface area contributed by atoms with Crippen LogP contribution in [-0.4, -0.2) is 62.8 Å². The molecule has 7 nitrogen and oxygen atoms in total. The summed E-state index contributed by atoms with van der Waals surface area (Å²) in [7, 11) is 1.60. The van der Waals surface area contributed by atoms with Gasteiger partial charge in [0.15, 0.2) is 0 Å². The number of likely N-dealkylation sites (N-methyl/N-ethyl adjacent to an activating group) is 1. The number of halogens is 1. The molecule has 162 valence electrons. The van der Waals surface area contributed by atoms with Crippen LogP contribution in [0.1, 0.15) is 38.2 Å². The summed E-state index contributed by atoms with van der Waals surface area (Å²) < 4.78 is 19.3. The minimum Gasteiger partial charge on any atom is -0.492 e. The third-order valence-electron chi connectivity index (χ3n) is 4.50. The summed E-state index contributed by atoms with van der Waals surface area (Å²) in [5.74, 6) is -0.0405. The molecule has 0 aromatic heterocycles. The molecule has 1 aromatic rings. The van der Waals surface area contributed by atoms with E-state index < -0.39 is 0 Å². The van der Waals surface area contributed by atoms with E-state index in [1.807, 2.05) is 0 Å². The van der Waals surface area contributed by atoms with Gasteiger partial charge in [-0.2, -0.15) is 0 Å². The van der Waals surface area contributed by atoms with Crippen molar-refractivity contribution < 1.29 is 23.5 Å². The first-order valence-corrected chi connectivity index (χ1v) is 10.0. The zero-order chi connectivity index (χ0) is 21.5. The highest BCUT2D eigenvalue weighted by Crippen LogP contribution is 2.21. The summed E-state index contributed by atoms with van der Waals surface area (Å²) in [6, 6.07) is 4.03. The quantitative estimate of drug-likeness (QED) is 0.320. The molecule has 2 amide bonds. The van der Waals surface area contributed by atoms with Crippen molar-refractivity contribution in [1.82, 2.24) is 15.5 Å². The van der Waals surface area contributed by atoms with Gasteiger partial charge < -0.3 is 25.1 Å². The average molecular weight is 410 g/mol. The van der Waals surface area contributed by atoms with E-state index in [0.717, 1.165) is 24.8 Å². The van der Waals surface area contributed by atoms with E-state index >= 15 is 0 Å². The fourth-order valence-corrected chi connectivity index (χ4v) is 2.89. The smallest absolute Gasteiger partial charge is 0.239 e. The van der Waals surface area contributed by atoms with Gasteiger partial charge in [-0.15, -0.1) is 0 Å². The summed E-state index contributed by atoms with van der Waals surface area (Å²) in [5.41, 5.74) is 0.864. The van der Waals surface area contributed by atoms with Gasteiger partial charge in [0, 0.05) is 26.2 Å². The van der Waals surface area contributed by atoms with Gasteiger partial charge in [-0.05, 0) is 30.9 Å². The molecule has 0 unspecified atom stereocenters. The maximum absolute atomic E-state index is 13.6. The Balaban J connectivity index is 2.58. The lowest BCUT2D eigenvalue weighted by Gasteiger charge is -2.23. The second-order valence-electron chi connectivity index (χ2n) is 6.81. The normalized spacial score (nSPS) is 11.6. The van der Waals surface area contributed by atoms with Crippen LogP contribution in [0.25, 0.3) is 0 Å². The molecule has 0 aliphatic carbocycles. The van der Waals surface area contributed by atoms with Crippen molar-refractivity contribution >= 4 is 18.6 Å². The van der Waals surface area contributed by atoms with Crippen LogP contribution in [0, 0.1) is 5.82 Å². The second-order valence-corrected chi connectivity index (χ2v) is 6.81. The van der Waals surface area contributed by atoms with Crippen molar-refractivity contribution in [1.29, 1.82) is 0 Å². The third kappa shape index (κ3) is 9.51. The number of carbonyl (C=O) groups excluding carboxylic acids is 3. The van der Waals surface area contributed by atoms with Gasteiger partial charge in [0.1, 0.15) is 24.5 Å². The van der Waals surface area contributed by atoms with E-state index in [1.54, 1.807) is 13.1 Å². The number of unbranched alkanes of at least 4 members (excludes halogenated alkanes) is 1. The molecule has 8 heteroatoms. The predicted octanol–water partition coefficient (Wildman–Crippen LogP) is 1.69. The number of hydrogen-bond donors (Lipinski definition) is 2. The van der Waals surface area contributed by atoms with E-state index in [9.17, 15) is 18.8 Å². The van der Waals surface area contributed by atoms with Crippen molar-refractivity contribution in [3.63, 3.8) is 0 Å². The van der Waals surface area contributed by atoms with Crippen LogP contribution in [0.2, 0.25) is 0 Å². The molecular weight excluding hydrogens is 377 g/mol. The Morgan fingerprint density at radius 1 is 1.28 bits per heavy atom. The molecule has 0 bridgehead atoms. The number of aryl methyl sites for hydroxylation is 1. The van der Waals surface area contributed by atoms with Crippen molar-refractivity contribution in [2.45, 2.75) is 45.1 Å². The minimum absolute atomic E-state index is 0.0608. The monoisotopic (exact) mass is 409 g/mol. The molecule has 1 aromatic carbocycles. The lowest BCUT2D eigenvalue weighted by atomic mass is 10.1. The Morgan fingerprint density at radius 3 is 2.76 bits per heavy atom. The summed E-state index contributed by atoms with van der Waals surface area (Å²) in [6.07, 6.45) is 5.25. The van der Waals surface area contributed by atoms with Crippen LogP contribution >= 0.6 is 0 Å². The van der Waals surface area contributed by atoms with Gasteiger partial charge >= 0.3 is 0 Å². The number of nitrogens with zero attached hydrogens (tertiary/aromatic N) is 1. The van der Waals surface area contributed by atoms with Gasteiger partial charge in [-0.1, -0.05) is 25.8 Å². The number of amides is 2. The van der Waals surface area contributed by atoms with Crippen molar-refractivity contribution in [2.24, 2.45) is 0 Å². The molecule has 2 N–H and O–H groups in total. The molecular formula is C21H32FN3O4. The summed E-state index contributed by atoms with van der Waals surface area (Å²) in [5, 5.41) is 5.78. The van der Waals surface area contributed by atoms with Crippen molar-refractivity contribution in [2.75, 3.05) is 33.3 Å². The maximum atomic E-state index is 13.6. The van der Waals surface area contributed by atoms with E-state index in [1.165, 1.54) is 17.0 Å². The number of aldehydes is 1. The van der Waals surface area contributed by atoms with Crippen LogP contribution in [0.3, 0.4) is 0 Å². The standard InChI is InChI=1S/C21H32FN3O4/c1-3-4-7-19(21(28)25(2)12-13-26)24-11-14-29-20-15-18(22)9-8-17(20)6-5-10-23-16-27/h8-9,13,15-16,19,24H,3-7,10-12,14H2,1-2H3,(H,23,27)/t19-/m0/s1. The predicted molar refractivity (Wildman–Crippen MR) is 109 cm³/mol. The zero-order valence-electron chi connectivity index (χ0n) is 17.3. The van der Waals surface area contributed by atoms with E-state index in [0.29, 0.717) is 44.4 Å². The number of rotatable bonds is 16. The van der Waals surface area contributed by atoms with Gasteiger partial charge in [-0.25, -0.2) is 4.39 Å². The van der Waals surface area contributed by atoms with E-state index in [4.69, 9.17) is 4.74 Å². The lowest BCUT2D eigenvalue weighted by Crippen LogP contribution is -2.46. The Bertz CT molecular complexity index is 642. The molecule has 0 heterocycles. The van der Waals surface area contributed by atoms with Crippen LogP contribution in [-0.2, 0) is 20.8 Å². The van der Waals surface area contributed by atoms with Crippen LogP contribution in [0.15, 0.2) is 18.2 Å². The Kier molecular flexibility index (Phi) is 12.3. The van der Waals surface area contributed by atoms with Gasteiger partial charge in [-0.3, -0.25) is 9.59 Å². The van der Waals surface area contributed by atoms with Crippen molar-refractivity contribution in [3.8, 4) is 5.75 Å². The first-order valence-electron chi connectivity index (χ1n) is 10.0. The molecule has 0 radical (unpaired) electrons. The fraction of sp³-hybridized carbons (Fsp3) is 0.571. The largest absolute Gasteiger partial charge is 0.492 e. The molecule has 0 saturated carbocycles. The summed E-state index contributed by atoms with van der Waals surface area (Å²) >= 11 is 0. The molecule has 0 fully saturated rings. The number of carbonyl (C=O) groups is 3. The minimum atomic E-state index is -0.384. The highest BCUT2D eigenvalue weighted by molar-refractivity contribution is 5.83. The van der Waals surface area contributed by atoms with E-state index in [2.05, 4.69) is 17.6 Å². The van der Waals surface area contributed by atoms with Gasteiger partial charge in [0.25, 0.3) is 0 Å². The molecule has 29 heavy (non-hydrogen) atoms. The topological polar surface area (TPSA) is 87.7 Å². The number of benzene rings is 1. The zero-order valence-corrected chi connectivity index (χ0v) is 17.3. The number of hydrogen-bond acceptors (Lipinski definition) is 5. The fourth-order valence-electron chi connectivity index (χ4n) is 2.89. The van der Waals surface area contributed by atoms with Crippen molar-refractivity contribution in [3.05, 3.63) is 29.6 Å². The van der Waals surface area contributed by atoms with Crippen LogP contribution in [0.4, 0.5) is 4.39 Å². The average Bonchev–Trinajstić information content (AvgIpc) is 2.71. The Hall–Kier alpha value is -2.48. The highest BCUT2D eigenvalue weighted by Gasteiger charge is 2.20. The highest BCUT2D eigenvalue weighted by atomic mass is 19.1. The van der Waals surface area contributed by atoms with Gasteiger partial charge in [0.2, 0.25) is 12.3 Å². The maximum Gasteiger partial charge on any atom is 0.239 e. The number of ether oxygens (including phenoxy) is 1. The molecule has 0 aliphatic rings.